The molecular formula is C16H31N. The molecule has 1 nitrogen and oxygen atoms in total. The molecule has 17 heavy (non-hydrogen) atoms. The highest BCUT2D eigenvalue weighted by molar-refractivity contribution is 4.87. The summed E-state index contributed by atoms with van der Waals surface area (Å²) in [6.07, 6.45) is 8.55. The van der Waals surface area contributed by atoms with Crippen molar-refractivity contribution in [3.8, 4) is 0 Å². The first kappa shape index (κ1) is 13.4. The van der Waals surface area contributed by atoms with E-state index in [4.69, 9.17) is 0 Å². The van der Waals surface area contributed by atoms with E-state index in [1.807, 2.05) is 0 Å². The van der Waals surface area contributed by atoms with Crippen LogP contribution in [0.3, 0.4) is 0 Å². The van der Waals surface area contributed by atoms with Crippen LogP contribution in [-0.2, 0) is 0 Å². The highest BCUT2D eigenvalue weighted by atomic mass is 14.9. The first-order valence-electron chi connectivity index (χ1n) is 7.72. The Balaban J connectivity index is 1.77. The molecule has 1 N–H and O–H groups in total. The smallest absolute Gasteiger partial charge is 0.00682 e. The Labute approximate surface area is 108 Å². The molecule has 2 rings (SSSR count). The van der Waals surface area contributed by atoms with Crippen molar-refractivity contribution in [2.75, 3.05) is 6.54 Å². The van der Waals surface area contributed by atoms with Gasteiger partial charge in [0, 0.05) is 6.04 Å². The number of nitrogens with one attached hydrogen (secondary N) is 1. The van der Waals surface area contributed by atoms with E-state index in [1.54, 1.807) is 0 Å². The van der Waals surface area contributed by atoms with E-state index in [9.17, 15) is 0 Å². The lowest BCUT2D eigenvalue weighted by Gasteiger charge is -2.41. The minimum atomic E-state index is 0.538. The molecule has 2 aliphatic rings. The zero-order chi connectivity index (χ0) is 12.5. The molecule has 0 spiro atoms. The summed E-state index contributed by atoms with van der Waals surface area (Å²) in [7, 11) is 0. The van der Waals surface area contributed by atoms with Gasteiger partial charge in [-0.05, 0) is 61.8 Å². The van der Waals surface area contributed by atoms with E-state index >= 15 is 0 Å². The normalized spacial score (nSPS) is 34.9. The standard InChI is InChI=1S/C16H31N/c1-12-5-6-14(11-13(12)2)16(3,4)9-10-17-15-7-8-15/h12-15,17H,5-11H2,1-4H3. The van der Waals surface area contributed by atoms with Gasteiger partial charge in [0.2, 0.25) is 0 Å². The van der Waals surface area contributed by atoms with Crippen molar-refractivity contribution < 1.29 is 0 Å². The zero-order valence-electron chi connectivity index (χ0n) is 12.3. The molecule has 0 amide bonds. The monoisotopic (exact) mass is 237 g/mol. The quantitative estimate of drug-likeness (QED) is 0.754. The van der Waals surface area contributed by atoms with Crippen LogP contribution >= 0.6 is 0 Å². The van der Waals surface area contributed by atoms with E-state index in [2.05, 4.69) is 33.0 Å². The molecule has 100 valence electrons. The van der Waals surface area contributed by atoms with Crippen molar-refractivity contribution in [3.05, 3.63) is 0 Å². The van der Waals surface area contributed by atoms with Crippen molar-refractivity contribution in [2.45, 2.75) is 72.3 Å². The summed E-state index contributed by atoms with van der Waals surface area (Å²) in [6, 6.07) is 0.871. The van der Waals surface area contributed by atoms with Crippen molar-refractivity contribution in [3.63, 3.8) is 0 Å². The molecule has 0 heterocycles. The molecule has 1 heteroatoms. The van der Waals surface area contributed by atoms with Crippen LogP contribution in [0.25, 0.3) is 0 Å². The molecule has 0 aromatic rings. The molecule has 0 saturated heterocycles. The molecule has 2 saturated carbocycles. The SMILES string of the molecule is CC1CCC(C(C)(C)CCNC2CC2)CC1C. The van der Waals surface area contributed by atoms with Crippen molar-refractivity contribution in [1.29, 1.82) is 0 Å². The van der Waals surface area contributed by atoms with Crippen LogP contribution in [0.1, 0.15) is 66.2 Å². The number of rotatable bonds is 5. The third-order valence-electron chi connectivity index (χ3n) is 5.48. The molecule has 2 fully saturated rings. The minimum Gasteiger partial charge on any atom is -0.314 e. The number of hydrogen-bond donors (Lipinski definition) is 1. The van der Waals surface area contributed by atoms with Gasteiger partial charge in [-0.2, -0.15) is 0 Å². The van der Waals surface area contributed by atoms with Gasteiger partial charge in [0.15, 0.2) is 0 Å². The molecule has 0 bridgehead atoms. The molecular weight excluding hydrogens is 206 g/mol. The van der Waals surface area contributed by atoms with Gasteiger partial charge < -0.3 is 5.32 Å². The highest BCUT2D eigenvalue weighted by Gasteiger charge is 2.35. The predicted molar refractivity (Wildman–Crippen MR) is 75.1 cm³/mol. The Morgan fingerprint density at radius 3 is 2.29 bits per heavy atom. The van der Waals surface area contributed by atoms with Gasteiger partial charge in [-0.15, -0.1) is 0 Å². The minimum absolute atomic E-state index is 0.538. The second-order valence-corrected chi connectivity index (χ2v) is 7.43. The average Bonchev–Trinajstić information content (AvgIpc) is 3.05. The summed E-state index contributed by atoms with van der Waals surface area (Å²) in [5.74, 6) is 2.84. The molecule has 0 aromatic carbocycles. The highest BCUT2D eigenvalue weighted by Crippen LogP contribution is 2.44. The lowest BCUT2D eigenvalue weighted by Crippen LogP contribution is -2.34. The van der Waals surface area contributed by atoms with E-state index in [-0.39, 0.29) is 0 Å². The fraction of sp³-hybridized carbons (Fsp3) is 1.00. The van der Waals surface area contributed by atoms with Gasteiger partial charge >= 0.3 is 0 Å². The summed E-state index contributed by atoms with van der Waals surface area (Å²) < 4.78 is 0. The zero-order valence-corrected chi connectivity index (χ0v) is 12.3. The van der Waals surface area contributed by atoms with Crippen LogP contribution in [0.5, 0.6) is 0 Å². The Kier molecular flexibility index (Phi) is 4.18. The van der Waals surface area contributed by atoms with Crippen LogP contribution < -0.4 is 5.32 Å². The molecule has 3 unspecified atom stereocenters. The number of hydrogen-bond acceptors (Lipinski definition) is 1. The fourth-order valence-electron chi connectivity index (χ4n) is 3.35. The van der Waals surface area contributed by atoms with E-state index in [1.165, 1.54) is 45.1 Å². The summed E-state index contributed by atoms with van der Waals surface area (Å²) in [5, 5.41) is 3.67. The first-order chi connectivity index (χ1) is 7.99. The Morgan fingerprint density at radius 1 is 1.00 bits per heavy atom. The average molecular weight is 237 g/mol. The fourth-order valence-corrected chi connectivity index (χ4v) is 3.35. The van der Waals surface area contributed by atoms with Crippen LogP contribution in [0.15, 0.2) is 0 Å². The van der Waals surface area contributed by atoms with E-state index in [0.717, 1.165) is 23.8 Å². The Morgan fingerprint density at radius 2 is 1.71 bits per heavy atom. The Bertz CT molecular complexity index is 242. The van der Waals surface area contributed by atoms with Crippen molar-refractivity contribution in [2.24, 2.45) is 23.2 Å². The van der Waals surface area contributed by atoms with Gasteiger partial charge in [-0.1, -0.05) is 34.1 Å². The molecule has 3 atom stereocenters. The second-order valence-electron chi connectivity index (χ2n) is 7.43. The maximum atomic E-state index is 3.67. The van der Waals surface area contributed by atoms with Gasteiger partial charge in [0.1, 0.15) is 0 Å². The van der Waals surface area contributed by atoms with Crippen LogP contribution in [0.4, 0.5) is 0 Å². The summed E-state index contributed by atoms with van der Waals surface area (Å²) in [6.45, 7) is 11.1. The second kappa shape index (κ2) is 5.30. The third kappa shape index (κ3) is 3.71. The maximum Gasteiger partial charge on any atom is 0.00682 e. The van der Waals surface area contributed by atoms with Crippen LogP contribution in [0, 0.1) is 23.2 Å². The van der Waals surface area contributed by atoms with Gasteiger partial charge in [0.25, 0.3) is 0 Å². The maximum absolute atomic E-state index is 3.67. The lowest BCUT2D eigenvalue weighted by atomic mass is 9.64. The summed E-state index contributed by atoms with van der Waals surface area (Å²) in [5.41, 5.74) is 0.538. The van der Waals surface area contributed by atoms with Gasteiger partial charge in [-0.25, -0.2) is 0 Å². The molecule has 0 aromatic heterocycles. The third-order valence-corrected chi connectivity index (χ3v) is 5.48. The van der Waals surface area contributed by atoms with Crippen molar-refractivity contribution >= 4 is 0 Å². The molecule has 2 aliphatic carbocycles. The first-order valence-corrected chi connectivity index (χ1v) is 7.72. The van der Waals surface area contributed by atoms with Crippen LogP contribution in [0.2, 0.25) is 0 Å². The topological polar surface area (TPSA) is 12.0 Å². The summed E-state index contributed by atoms with van der Waals surface area (Å²) >= 11 is 0. The predicted octanol–water partition coefficient (Wildman–Crippen LogP) is 4.23. The largest absolute Gasteiger partial charge is 0.314 e. The van der Waals surface area contributed by atoms with Crippen LogP contribution in [-0.4, -0.2) is 12.6 Å². The molecule has 0 radical (unpaired) electrons. The van der Waals surface area contributed by atoms with E-state index in [0.29, 0.717) is 5.41 Å². The van der Waals surface area contributed by atoms with E-state index < -0.39 is 0 Å². The van der Waals surface area contributed by atoms with Gasteiger partial charge in [0.05, 0.1) is 0 Å². The van der Waals surface area contributed by atoms with Gasteiger partial charge in [-0.3, -0.25) is 0 Å². The Hall–Kier alpha value is -0.0400. The lowest BCUT2D eigenvalue weighted by molar-refractivity contribution is 0.0929. The summed E-state index contributed by atoms with van der Waals surface area (Å²) in [4.78, 5) is 0. The van der Waals surface area contributed by atoms with Crippen molar-refractivity contribution in [1.82, 2.24) is 5.32 Å². The molecule has 0 aliphatic heterocycles.